The molecule has 12 heteroatoms. The fraction of sp³-hybridized carbons (Fsp3) is 0.263. The second-order valence-corrected chi connectivity index (χ2v) is 7.71. The number of carbonyl (C=O) groups excluding carboxylic acids is 2. The number of carbonyl (C=O) groups is 2. The normalized spacial score (nSPS) is 15.6. The number of thioether (sulfide) groups is 1. The molecule has 0 saturated carbocycles. The summed E-state index contributed by atoms with van der Waals surface area (Å²) < 4.78 is 3.24. The molecule has 1 atom stereocenters. The van der Waals surface area contributed by atoms with Crippen LogP contribution in [-0.4, -0.2) is 55.1 Å². The fourth-order valence-corrected chi connectivity index (χ4v) is 3.98. The molecule has 1 unspecified atom stereocenters. The molecular weight excluding hydrogens is 422 g/mol. The average molecular weight is 441 g/mol. The number of rotatable bonds is 8. The molecule has 2 amide bonds. The van der Waals surface area contributed by atoms with Gasteiger partial charge in [-0.05, 0) is 12.1 Å². The Morgan fingerprint density at radius 1 is 1.35 bits per heavy atom. The molecule has 0 spiro atoms. The fourth-order valence-electron chi connectivity index (χ4n) is 3.21. The van der Waals surface area contributed by atoms with Crippen LogP contribution in [0.1, 0.15) is 6.42 Å². The van der Waals surface area contributed by atoms with Crippen molar-refractivity contribution in [2.75, 3.05) is 12.3 Å². The molecule has 1 aliphatic rings. The molecule has 1 aliphatic heterocycles. The maximum absolute atomic E-state index is 12.8. The Kier molecular flexibility index (Phi) is 5.71. The van der Waals surface area contributed by atoms with Gasteiger partial charge in [0.15, 0.2) is 11.3 Å². The Hall–Kier alpha value is -3.67. The third kappa shape index (κ3) is 4.01. The molecule has 0 aliphatic carbocycles. The van der Waals surface area contributed by atoms with Crippen LogP contribution in [0, 0.1) is 0 Å². The highest BCUT2D eigenvalue weighted by Crippen LogP contribution is 2.21. The van der Waals surface area contributed by atoms with Crippen LogP contribution in [0.5, 0.6) is 0 Å². The van der Waals surface area contributed by atoms with E-state index in [1.807, 2.05) is 12.1 Å². The summed E-state index contributed by atoms with van der Waals surface area (Å²) in [5.41, 5.74) is 5.79. The lowest BCUT2D eigenvalue weighted by Crippen LogP contribution is -2.34. The van der Waals surface area contributed by atoms with E-state index in [9.17, 15) is 14.4 Å². The van der Waals surface area contributed by atoms with Gasteiger partial charge in [-0.25, -0.2) is 0 Å². The second-order valence-electron chi connectivity index (χ2n) is 6.77. The summed E-state index contributed by atoms with van der Waals surface area (Å²) in [5.74, 6) is -0.430. The third-order valence-corrected chi connectivity index (χ3v) is 5.60. The van der Waals surface area contributed by atoms with E-state index in [4.69, 9.17) is 10.6 Å². The summed E-state index contributed by atoms with van der Waals surface area (Å²) in [6.07, 6.45) is 1.44. The number of oxime groups is 1. The predicted octanol–water partition coefficient (Wildman–Crippen LogP) is 0.0687. The summed E-state index contributed by atoms with van der Waals surface area (Å²) >= 11 is 1.19. The molecule has 3 N–H and O–H groups in total. The number of nitrogens with zero attached hydrogens (tertiary/aromatic N) is 5. The first kappa shape index (κ1) is 20.6. The molecule has 0 bridgehead atoms. The zero-order valence-corrected chi connectivity index (χ0v) is 17.2. The highest BCUT2D eigenvalue weighted by Gasteiger charge is 2.25. The van der Waals surface area contributed by atoms with Gasteiger partial charge in [0, 0.05) is 13.0 Å². The number of nitrogens with two attached hydrogens (primary N) is 1. The van der Waals surface area contributed by atoms with Gasteiger partial charge in [0.2, 0.25) is 11.7 Å². The van der Waals surface area contributed by atoms with Gasteiger partial charge in [0.25, 0.3) is 11.5 Å². The van der Waals surface area contributed by atoms with E-state index >= 15 is 0 Å². The maximum atomic E-state index is 12.8. The average Bonchev–Trinajstić information content (AvgIpc) is 3.41. The number of para-hydroxylation sites is 1. The van der Waals surface area contributed by atoms with Crippen molar-refractivity contribution in [3.8, 4) is 0 Å². The monoisotopic (exact) mass is 441 g/mol. The molecule has 11 nitrogen and oxygen atoms in total. The van der Waals surface area contributed by atoms with Crippen molar-refractivity contribution >= 4 is 46.0 Å². The lowest BCUT2D eigenvalue weighted by atomic mass is 10.2. The Balaban J connectivity index is 1.49. The number of primary amides is 1. The van der Waals surface area contributed by atoms with Crippen molar-refractivity contribution in [1.82, 2.24) is 24.5 Å². The summed E-state index contributed by atoms with van der Waals surface area (Å²) in [6.45, 7) is 4.18. The van der Waals surface area contributed by atoms with Crippen LogP contribution < -0.4 is 16.6 Å². The van der Waals surface area contributed by atoms with E-state index in [1.54, 1.807) is 22.6 Å². The van der Waals surface area contributed by atoms with Crippen molar-refractivity contribution in [3.63, 3.8) is 0 Å². The van der Waals surface area contributed by atoms with Gasteiger partial charge in [0.05, 0.1) is 23.2 Å². The number of fused-ring (bicyclic) bond motifs is 3. The van der Waals surface area contributed by atoms with Crippen molar-refractivity contribution in [2.24, 2.45) is 10.9 Å². The van der Waals surface area contributed by atoms with E-state index in [0.717, 1.165) is 0 Å². The predicted molar refractivity (Wildman–Crippen MR) is 115 cm³/mol. The number of benzene rings is 1. The van der Waals surface area contributed by atoms with Crippen molar-refractivity contribution in [3.05, 3.63) is 47.3 Å². The van der Waals surface area contributed by atoms with E-state index in [2.05, 4.69) is 27.2 Å². The second kappa shape index (κ2) is 8.60. The van der Waals surface area contributed by atoms with Gasteiger partial charge >= 0.3 is 0 Å². The first-order valence-corrected chi connectivity index (χ1v) is 10.4. The van der Waals surface area contributed by atoms with Crippen LogP contribution in [0.15, 0.2) is 52.0 Å². The summed E-state index contributed by atoms with van der Waals surface area (Å²) in [7, 11) is 0. The number of hydrogen-bond acceptors (Lipinski definition) is 8. The lowest BCUT2D eigenvalue weighted by Gasteiger charge is -2.10. The first-order chi connectivity index (χ1) is 15.0. The van der Waals surface area contributed by atoms with Crippen LogP contribution >= 0.6 is 11.8 Å². The van der Waals surface area contributed by atoms with Crippen molar-refractivity contribution in [1.29, 1.82) is 0 Å². The smallest absolute Gasteiger partial charge is 0.266 e. The summed E-state index contributed by atoms with van der Waals surface area (Å²) in [5, 5.41) is 15.7. The van der Waals surface area contributed by atoms with E-state index in [0.29, 0.717) is 21.8 Å². The minimum Gasteiger partial charge on any atom is -0.390 e. The Morgan fingerprint density at radius 2 is 2.16 bits per heavy atom. The quantitative estimate of drug-likeness (QED) is 0.371. The Labute approximate surface area is 179 Å². The molecule has 4 rings (SSSR count). The zero-order valence-electron chi connectivity index (χ0n) is 16.4. The van der Waals surface area contributed by atoms with Crippen LogP contribution in [0.3, 0.4) is 0 Å². The number of hydrogen-bond donors (Lipinski definition) is 2. The number of aromatic nitrogens is 4. The molecule has 160 valence electrons. The molecule has 0 fully saturated rings. The van der Waals surface area contributed by atoms with Crippen LogP contribution in [0.4, 0.5) is 0 Å². The highest BCUT2D eigenvalue weighted by molar-refractivity contribution is 7.99. The van der Waals surface area contributed by atoms with E-state index in [-0.39, 0.29) is 42.4 Å². The lowest BCUT2D eigenvalue weighted by molar-refractivity contribution is -0.119. The largest absolute Gasteiger partial charge is 0.390 e. The molecule has 3 heterocycles. The zero-order chi connectivity index (χ0) is 22.0. The van der Waals surface area contributed by atoms with Crippen LogP contribution in [0.2, 0.25) is 0 Å². The van der Waals surface area contributed by atoms with Gasteiger partial charge in [-0.15, -0.1) is 16.8 Å². The molecule has 1 aromatic carbocycles. The highest BCUT2D eigenvalue weighted by atomic mass is 32.2. The van der Waals surface area contributed by atoms with Gasteiger partial charge in [-0.2, -0.15) is 0 Å². The first-order valence-electron chi connectivity index (χ1n) is 9.39. The summed E-state index contributed by atoms with van der Waals surface area (Å²) in [6, 6.07) is 7.16. The van der Waals surface area contributed by atoms with Gasteiger partial charge in [0.1, 0.15) is 5.71 Å². The molecule has 31 heavy (non-hydrogen) atoms. The minimum atomic E-state index is -0.634. The minimum absolute atomic E-state index is 0.0754. The van der Waals surface area contributed by atoms with Gasteiger partial charge in [-0.1, -0.05) is 35.1 Å². The molecule has 2 aromatic heterocycles. The van der Waals surface area contributed by atoms with Crippen molar-refractivity contribution < 1.29 is 14.4 Å². The van der Waals surface area contributed by atoms with Gasteiger partial charge < -0.3 is 15.9 Å². The Bertz CT molecular complexity index is 1280. The standard InChI is InChI=1S/C19H19N7O4S/c1-2-7-25-17(29)12-5-3-4-6-14(12)26-18(25)22-23-19(26)31-10-15(27)21-9-11-8-13(16(20)28)24-30-11/h2-6,11H,1,7-10H2,(H2,20,28)(H,21,27). The number of amides is 2. The van der Waals surface area contributed by atoms with Crippen LogP contribution in [-0.2, 0) is 21.0 Å². The van der Waals surface area contributed by atoms with Gasteiger partial charge in [-0.3, -0.25) is 23.4 Å². The topological polar surface area (TPSA) is 146 Å². The number of allylic oxidation sites excluding steroid dienone is 1. The molecular formula is C19H19N7O4S. The van der Waals surface area contributed by atoms with Crippen molar-refractivity contribution in [2.45, 2.75) is 24.2 Å². The summed E-state index contributed by atoms with van der Waals surface area (Å²) in [4.78, 5) is 41.3. The SMILES string of the molecule is C=CCn1c(=O)c2ccccc2n2c(SCC(=O)NCC3CC(C(N)=O)=NO3)nnc12. The molecule has 0 radical (unpaired) electrons. The molecule has 3 aromatic rings. The Morgan fingerprint density at radius 3 is 2.90 bits per heavy atom. The maximum Gasteiger partial charge on any atom is 0.266 e. The third-order valence-electron chi connectivity index (χ3n) is 4.67. The number of nitrogens with one attached hydrogen (secondary N) is 1. The van der Waals surface area contributed by atoms with Crippen LogP contribution in [0.25, 0.3) is 16.7 Å². The van der Waals surface area contributed by atoms with E-state index < -0.39 is 12.0 Å². The van der Waals surface area contributed by atoms with E-state index in [1.165, 1.54) is 16.3 Å². The molecule has 0 saturated heterocycles.